The van der Waals surface area contributed by atoms with Crippen molar-refractivity contribution in [1.82, 2.24) is 0 Å². The molecule has 0 saturated carbocycles. The molecule has 1 spiro atoms. The van der Waals surface area contributed by atoms with Crippen molar-refractivity contribution in [1.29, 1.82) is 0 Å². The van der Waals surface area contributed by atoms with E-state index < -0.39 is 0 Å². The molecule has 50 valence electrons. The van der Waals surface area contributed by atoms with Gasteiger partial charge in [0.2, 0.25) is 0 Å². The van der Waals surface area contributed by atoms with E-state index in [9.17, 15) is 0 Å². The minimum atomic E-state index is 0.666. The Kier molecular flexibility index (Phi) is 1.13. The third kappa shape index (κ3) is 0.805. The van der Waals surface area contributed by atoms with E-state index in [4.69, 9.17) is 4.74 Å². The van der Waals surface area contributed by atoms with Crippen LogP contribution in [0.2, 0.25) is 19.5 Å². The van der Waals surface area contributed by atoms with E-state index in [0.29, 0.717) is 5.41 Å². The summed E-state index contributed by atoms with van der Waals surface area (Å²) in [6.07, 6.45) is 4.28. The lowest BCUT2D eigenvalue weighted by Crippen LogP contribution is -2.40. The lowest BCUT2D eigenvalue weighted by atomic mass is 9.49. The normalized spacial score (nSPS) is 31.0. The molecule has 0 unspecified atom stereocenters. The zero-order chi connectivity index (χ0) is 6.32. The number of hydrogen-bond donors (Lipinski definition) is 0. The molecule has 0 aromatic carbocycles. The van der Waals surface area contributed by atoms with Crippen LogP contribution in [0.15, 0.2) is 0 Å². The summed E-state index contributed by atoms with van der Waals surface area (Å²) in [5.41, 5.74) is 0.666. The molecule has 9 heavy (non-hydrogen) atoms. The van der Waals surface area contributed by atoms with Crippen molar-refractivity contribution >= 4 is 6.71 Å². The minimum absolute atomic E-state index is 0.666. The Morgan fingerprint density at radius 3 is 2.44 bits per heavy atom. The molecule has 2 heteroatoms. The van der Waals surface area contributed by atoms with Gasteiger partial charge in [-0.15, -0.1) is 0 Å². The molecule has 2 saturated heterocycles. The second-order valence-corrected chi connectivity index (χ2v) is 3.84. The molecule has 0 N–H and O–H groups in total. The van der Waals surface area contributed by atoms with Gasteiger partial charge in [-0.2, -0.15) is 0 Å². The standard InChI is InChI=1S/C7H13BO/c1-8-3-2-7(4-8)5-9-6-7/h2-6H2,1H3. The highest BCUT2D eigenvalue weighted by molar-refractivity contribution is 6.58. The summed E-state index contributed by atoms with van der Waals surface area (Å²) in [6.45, 7) is 5.43. The molecule has 0 atom stereocenters. The van der Waals surface area contributed by atoms with Gasteiger partial charge in [-0.1, -0.05) is 25.9 Å². The van der Waals surface area contributed by atoms with Gasteiger partial charge in [0, 0.05) is 5.41 Å². The average molecular weight is 124 g/mol. The van der Waals surface area contributed by atoms with E-state index in [1.54, 1.807) is 0 Å². The molecule has 2 rings (SSSR count). The quantitative estimate of drug-likeness (QED) is 0.445. The Bertz CT molecular complexity index is 120. The lowest BCUT2D eigenvalue weighted by molar-refractivity contribution is -0.0980. The van der Waals surface area contributed by atoms with Crippen molar-refractivity contribution in [3.63, 3.8) is 0 Å². The topological polar surface area (TPSA) is 9.23 Å². The SMILES string of the molecule is CB1CCC2(COC2)C1. The summed E-state index contributed by atoms with van der Waals surface area (Å²) in [6, 6.07) is 0. The monoisotopic (exact) mass is 124 g/mol. The second kappa shape index (κ2) is 1.75. The van der Waals surface area contributed by atoms with E-state index in [1.807, 2.05) is 0 Å². The van der Waals surface area contributed by atoms with Crippen molar-refractivity contribution in [2.45, 2.75) is 25.9 Å². The number of rotatable bonds is 0. The van der Waals surface area contributed by atoms with Crippen LogP contribution in [0.1, 0.15) is 6.42 Å². The molecule has 2 aliphatic heterocycles. The van der Waals surface area contributed by atoms with Crippen molar-refractivity contribution in [3.8, 4) is 0 Å². The first-order valence-corrected chi connectivity index (χ1v) is 3.89. The maximum Gasteiger partial charge on any atom is 0.137 e. The van der Waals surface area contributed by atoms with Crippen LogP contribution in [-0.2, 0) is 4.74 Å². The van der Waals surface area contributed by atoms with Gasteiger partial charge in [0.05, 0.1) is 13.2 Å². The van der Waals surface area contributed by atoms with Gasteiger partial charge in [-0.05, 0) is 0 Å². The van der Waals surface area contributed by atoms with Crippen molar-refractivity contribution in [2.75, 3.05) is 13.2 Å². The molecule has 0 radical (unpaired) electrons. The third-order valence-corrected chi connectivity index (χ3v) is 2.77. The fourth-order valence-electron chi connectivity index (χ4n) is 2.15. The van der Waals surface area contributed by atoms with E-state index in [-0.39, 0.29) is 0 Å². The third-order valence-electron chi connectivity index (χ3n) is 2.77. The van der Waals surface area contributed by atoms with Crippen LogP contribution in [0, 0.1) is 5.41 Å². The van der Waals surface area contributed by atoms with Crippen LogP contribution in [0.3, 0.4) is 0 Å². The Labute approximate surface area is 56.9 Å². The smallest absolute Gasteiger partial charge is 0.137 e. The molecular formula is C7H13BO. The maximum atomic E-state index is 5.21. The highest BCUT2D eigenvalue weighted by atomic mass is 16.5. The Balaban J connectivity index is 1.99. The maximum absolute atomic E-state index is 5.21. The van der Waals surface area contributed by atoms with Crippen LogP contribution in [-0.4, -0.2) is 19.9 Å². The summed E-state index contributed by atoms with van der Waals surface area (Å²) in [5, 5.41) is 0. The molecule has 2 fully saturated rings. The van der Waals surface area contributed by atoms with Crippen molar-refractivity contribution in [2.24, 2.45) is 5.41 Å². The Hall–Kier alpha value is 0.0249. The van der Waals surface area contributed by atoms with Gasteiger partial charge in [-0.3, -0.25) is 0 Å². The van der Waals surface area contributed by atoms with E-state index in [2.05, 4.69) is 6.82 Å². The van der Waals surface area contributed by atoms with Crippen LogP contribution in [0.5, 0.6) is 0 Å². The summed E-state index contributed by atoms with van der Waals surface area (Å²) in [7, 11) is 0. The van der Waals surface area contributed by atoms with Gasteiger partial charge < -0.3 is 4.74 Å². The molecule has 0 aliphatic carbocycles. The van der Waals surface area contributed by atoms with Crippen LogP contribution >= 0.6 is 0 Å². The van der Waals surface area contributed by atoms with Gasteiger partial charge >= 0.3 is 0 Å². The van der Waals surface area contributed by atoms with E-state index in [1.165, 1.54) is 19.1 Å². The molecule has 0 aromatic rings. The zero-order valence-corrected chi connectivity index (χ0v) is 6.02. The van der Waals surface area contributed by atoms with Crippen molar-refractivity contribution in [3.05, 3.63) is 0 Å². The summed E-state index contributed by atoms with van der Waals surface area (Å²) in [4.78, 5) is 0. The van der Waals surface area contributed by atoms with Gasteiger partial charge in [0.15, 0.2) is 0 Å². The molecule has 0 bridgehead atoms. The Morgan fingerprint density at radius 1 is 1.44 bits per heavy atom. The first-order chi connectivity index (χ1) is 4.31. The van der Waals surface area contributed by atoms with Gasteiger partial charge in [0.25, 0.3) is 0 Å². The lowest BCUT2D eigenvalue weighted by Gasteiger charge is -2.38. The molecule has 0 aromatic heterocycles. The van der Waals surface area contributed by atoms with E-state index in [0.717, 1.165) is 19.9 Å². The highest BCUT2D eigenvalue weighted by Gasteiger charge is 2.44. The predicted octanol–water partition coefficient (Wildman–Crippen LogP) is 1.53. The zero-order valence-electron chi connectivity index (χ0n) is 6.02. The summed E-state index contributed by atoms with van der Waals surface area (Å²) >= 11 is 0. The minimum Gasteiger partial charge on any atom is -0.380 e. The summed E-state index contributed by atoms with van der Waals surface area (Å²) < 4.78 is 5.21. The molecule has 2 heterocycles. The largest absolute Gasteiger partial charge is 0.380 e. The van der Waals surface area contributed by atoms with Crippen LogP contribution in [0.4, 0.5) is 0 Å². The highest BCUT2D eigenvalue weighted by Crippen LogP contribution is 2.44. The fourth-order valence-corrected chi connectivity index (χ4v) is 2.15. The number of ether oxygens (including phenoxy) is 1. The average Bonchev–Trinajstić information content (AvgIpc) is 2.09. The van der Waals surface area contributed by atoms with Crippen LogP contribution < -0.4 is 0 Å². The van der Waals surface area contributed by atoms with Crippen LogP contribution in [0.25, 0.3) is 0 Å². The van der Waals surface area contributed by atoms with E-state index >= 15 is 0 Å². The summed E-state index contributed by atoms with van der Waals surface area (Å²) in [5.74, 6) is 0. The first-order valence-electron chi connectivity index (χ1n) is 3.89. The predicted molar refractivity (Wildman–Crippen MR) is 39.1 cm³/mol. The fraction of sp³-hybridized carbons (Fsp3) is 1.00. The molecular weight excluding hydrogens is 111 g/mol. The molecule has 0 amide bonds. The molecule has 1 nitrogen and oxygen atoms in total. The van der Waals surface area contributed by atoms with Gasteiger partial charge in [-0.25, -0.2) is 0 Å². The Morgan fingerprint density at radius 2 is 2.22 bits per heavy atom. The second-order valence-electron chi connectivity index (χ2n) is 3.84. The first kappa shape index (κ1) is 5.78. The molecule has 2 aliphatic rings. The van der Waals surface area contributed by atoms with Gasteiger partial charge in [0.1, 0.15) is 6.71 Å². The number of hydrogen-bond acceptors (Lipinski definition) is 1. The van der Waals surface area contributed by atoms with Crippen molar-refractivity contribution < 1.29 is 4.74 Å².